The van der Waals surface area contributed by atoms with Gasteiger partial charge in [0.05, 0.1) is 18.4 Å². The lowest BCUT2D eigenvalue weighted by atomic mass is 9.83. The topological polar surface area (TPSA) is 121 Å². The highest BCUT2D eigenvalue weighted by molar-refractivity contribution is 7.88. The van der Waals surface area contributed by atoms with E-state index in [1.807, 2.05) is 0 Å². The zero-order chi connectivity index (χ0) is 26.7. The zero-order valence-electron chi connectivity index (χ0n) is 20.4. The lowest BCUT2D eigenvalue weighted by molar-refractivity contribution is -0.139. The molecule has 0 aliphatic carbocycles. The number of benzene rings is 1. The quantitative estimate of drug-likeness (QED) is 0.467. The number of allylic oxidation sites excluding steroid dienone is 1. The molecule has 0 spiro atoms. The van der Waals surface area contributed by atoms with Crippen molar-refractivity contribution < 1.29 is 27.4 Å². The summed E-state index contributed by atoms with van der Waals surface area (Å²) in [6, 6.07) is 2.57. The average Bonchev–Trinajstić information content (AvgIpc) is 3.38. The molecule has 1 aromatic heterocycles. The van der Waals surface area contributed by atoms with Crippen LogP contribution in [0.25, 0.3) is 0 Å². The first-order valence-corrected chi connectivity index (χ1v) is 14.9. The predicted octanol–water partition coefficient (Wildman–Crippen LogP) is 3.27. The van der Waals surface area contributed by atoms with E-state index >= 15 is 0 Å². The van der Waals surface area contributed by atoms with Crippen LogP contribution < -0.4 is 5.32 Å². The van der Waals surface area contributed by atoms with E-state index in [2.05, 4.69) is 10.3 Å². The highest BCUT2D eigenvalue weighted by atomic mass is 35.5. The normalized spacial score (nSPS) is 22.9. The summed E-state index contributed by atoms with van der Waals surface area (Å²) < 4.78 is 45.5. The Hall–Kier alpha value is -2.38. The summed E-state index contributed by atoms with van der Waals surface area (Å²) in [7, 11) is -3.49. The van der Waals surface area contributed by atoms with Crippen molar-refractivity contribution in [1.82, 2.24) is 14.6 Å². The molecule has 9 nitrogen and oxygen atoms in total. The van der Waals surface area contributed by atoms with Crippen molar-refractivity contribution in [3.63, 3.8) is 0 Å². The fourth-order valence-electron chi connectivity index (χ4n) is 4.86. The number of esters is 1. The van der Waals surface area contributed by atoms with Crippen molar-refractivity contribution in [3.05, 3.63) is 62.5 Å². The van der Waals surface area contributed by atoms with Crippen molar-refractivity contribution in [2.45, 2.75) is 38.3 Å². The number of aliphatic hydroxyl groups is 1. The van der Waals surface area contributed by atoms with Gasteiger partial charge in [-0.25, -0.2) is 22.6 Å². The number of hydrogen-bond acceptors (Lipinski definition) is 9. The highest BCUT2D eigenvalue weighted by Crippen LogP contribution is 2.41. The van der Waals surface area contributed by atoms with Crippen molar-refractivity contribution in [2.75, 3.05) is 26.0 Å². The Labute approximate surface area is 224 Å². The Morgan fingerprint density at radius 1 is 1.41 bits per heavy atom. The second-order valence-electron chi connectivity index (χ2n) is 8.82. The van der Waals surface area contributed by atoms with E-state index < -0.39 is 33.9 Å². The summed E-state index contributed by atoms with van der Waals surface area (Å²) >= 11 is 7.79. The zero-order valence-corrected chi connectivity index (χ0v) is 22.7. The Bertz CT molecular complexity index is 1320. The maximum atomic E-state index is 13.9. The van der Waals surface area contributed by atoms with Gasteiger partial charge in [0.1, 0.15) is 11.9 Å². The maximum Gasteiger partial charge on any atom is 0.338 e. The van der Waals surface area contributed by atoms with Crippen LogP contribution in [0.4, 0.5) is 4.39 Å². The van der Waals surface area contributed by atoms with Gasteiger partial charge in [-0.05, 0) is 38.3 Å². The summed E-state index contributed by atoms with van der Waals surface area (Å²) in [6.07, 6.45) is 3.84. The van der Waals surface area contributed by atoms with E-state index in [1.54, 1.807) is 18.5 Å². The third kappa shape index (κ3) is 6.04. The maximum absolute atomic E-state index is 13.9. The number of nitrogens with one attached hydrogen (secondary N) is 1. The number of aliphatic imine (C=N–C) groups is 1. The molecule has 2 aliphatic rings. The minimum atomic E-state index is -3.49. The fourth-order valence-corrected chi connectivity index (χ4v) is 6.89. The number of rotatable bonds is 8. The number of ether oxygens (including phenoxy) is 1. The summed E-state index contributed by atoms with van der Waals surface area (Å²) in [5.41, 5.74) is 1.20. The third-order valence-electron chi connectivity index (χ3n) is 6.42. The lowest BCUT2D eigenvalue weighted by Gasteiger charge is -2.40. The molecule has 1 unspecified atom stereocenters. The van der Waals surface area contributed by atoms with Gasteiger partial charge in [-0.3, -0.25) is 4.99 Å². The van der Waals surface area contributed by atoms with Gasteiger partial charge >= 0.3 is 5.97 Å². The first-order chi connectivity index (χ1) is 17.6. The van der Waals surface area contributed by atoms with Gasteiger partial charge in [0.25, 0.3) is 0 Å². The largest absolute Gasteiger partial charge is 0.463 e. The smallest absolute Gasteiger partial charge is 0.338 e. The van der Waals surface area contributed by atoms with Crippen LogP contribution in [0.15, 0.2) is 46.0 Å². The van der Waals surface area contributed by atoms with Crippen LogP contribution in [0.3, 0.4) is 0 Å². The number of aromatic nitrogens is 1. The molecule has 0 radical (unpaired) electrons. The molecule has 3 heterocycles. The van der Waals surface area contributed by atoms with Crippen molar-refractivity contribution in [3.8, 4) is 0 Å². The second-order valence-corrected chi connectivity index (χ2v) is 12.1. The number of carbonyl (C=O) groups excluding carboxylic acids is 1. The van der Waals surface area contributed by atoms with Gasteiger partial charge in [0.15, 0.2) is 10.8 Å². The first kappa shape index (κ1) is 27.6. The van der Waals surface area contributed by atoms with Crippen molar-refractivity contribution in [1.29, 1.82) is 0 Å². The first-order valence-electron chi connectivity index (χ1n) is 11.8. The van der Waals surface area contributed by atoms with E-state index in [9.17, 15) is 22.7 Å². The molecule has 2 N–H and O–H groups in total. The molecule has 2 aliphatic heterocycles. The Kier molecular flexibility index (Phi) is 8.64. The lowest BCUT2D eigenvalue weighted by Crippen LogP contribution is -2.48. The Morgan fingerprint density at radius 2 is 2.19 bits per heavy atom. The van der Waals surface area contributed by atoms with Gasteiger partial charge in [0.2, 0.25) is 10.0 Å². The molecule has 37 heavy (non-hydrogen) atoms. The molecule has 13 heteroatoms. The number of halogens is 2. The van der Waals surface area contributed by atoms with Gasteiger partial charge in [0, 0.05) is 53.0 Å². The fraction of sp³-hybridized carbons (Fsp3) is 0.458. The molecule has 200 valence electrons. The molecular weight excluding hydrogens is 543 g/mol. The van der Waals surface area contributed by atoms with Crippen LogP contribution in [0, 0.1) is 11.7 Å². The minimum Gasteiger partial charge on any atom is -0.463 e. The van der Waals surface area contributed by atoms with Gasteiger partial charge in [-0.2, -0.15) is 4.31 Å². The molecular formula is C24H28ClFN4O5S2. The summed E-state index contributed by atoms with van der Waals surface area (Å²) in [6.45, 7) is 1.87. The monoisotopic (exact) mass is 570 g/mol. The Morgan fingerprint density at radius 3 is 2.81 bits per heavy atom. The van der Waals surface area contributed by atoms with E-state index in [-0.39, 0.29) is 42.7 Å². The van der Waals surface area contributed by atoms with E-state index in [0.29, 0.717) is 34.9 Å². The van der Waals surface area contributed by atoms with Crippen LogP contribution in [-0.4, -0.2) is 66.7 Å². The Balaban J connectivity index is 1.85. The number of sulfonamides is 1. The third-order valence-corrected chi connectivity index (χ3v) is 8.86. The number of aliphatic hydroxyl groups excluding tert-OH is 1. The van der Waals surface area contributed by atoms with Gasteiger partial charge in [-0.1, -0.05) is 17.7 Å². The standard InChI is InChI=1S/C24H28ClFN4O5S2/c1-3-35-24(32)19-20(14-6-9-30(37(2,33)34)16(12-14)7-10-31)28-22(23-27-8-11-36-23)29-21(19)17-5-4-15(26)13-18(17)25/h4-5,8,11,13-14,16,21,31H,3,6-7,9-10,12H2,1-2H3,(H,28,29)/t14-,16+,21?/m0/s1. The number of piperidine rings is 1. The molecule has 0 amide bonds. The minimum absolute atomic E-state index is 0.111. The number of amidine groups is 1. The van der Waals surface area contributed by atoms with Crippen molar-refractivity contribution >= 4 is 44.8 Å². The molecule has 1 aromatic carbocycles. The van der Waals surface area contributed by atoms with Crippen LogP contribution >= 0.6 is 22.9 Å². The van der Waals surface area contributed by atoms with E-state index in [4.69, 9.17) is 21.3 Å². The van der Waals surface area contributed by atoms with E-state index in [1.165, 1.54) is 33.8 Å². The van der Waals surface area contributed by atoms with Crippen molar-refractivity contribution in [2.24, 2.45) is 10.9 Å². The number of thiazole rings is 1. The van der Waals surface area contributed by atoms with Crippen LogP contribution in [0.2, 0.25) is 5.02 Å². The highest BCUT2D eigenvalue weighted by Gasteiger charge is 2.41. The predicted molar refractivity (Wildman–Crippen MR) is 139 cm³/mol. The number of nitrogens with zero attached hydrogens (tertiary/aromatic N) is 3. The molecule has 4 rings (SSSR count). The van der Waals surface area contributed by atoms with Crippen LogP contribution in [0.1, 0.15) is 42.8 Å². The number of carbonyl (C=O) groups is 1. The van der Waals surface area contributed by atoms with Gasteiger partial charge in [-0.15, -0.1) is 11.3 Å². The molecule has 0 saturated carbocycles. The molecule has 1 fully saturated rings. The average molecular weight is 571 g/mol. The van der Waals surface area contributed by atoms with Crippen LogP contribution in [-0.2, 0) is 19.6 Å². The van der Waals surface area contributed by atoms with Crippen LogP contribution in [0.5, 0.6) is 0 Å². The molecule has 2 aromatic rings. The summed E-state index contributed by atoms with van der Waals surface area (Å²) in [5.74, 6) is -0.968. The summed E-state index contributed by atoms with van der Waals surface area (Å²) in [4.78, 5) is 22.5. The number of hydrogen-bond donors (Lipinski definition) is 2. The SMILES string of the molecule is CCOC(=O)C1=C([C@H]2CCN(S(C)(=O)=O)[C@H](CCO)C2)NC(c2nccs2)=NC1c1ccc(F)cc1Cl. The molecule has 0 bridgehead atoms. The molecule has 3 atom stereocenters. The molecule has 1 saturated heterocycles. The van der Waals surface area contributed by atoms with E-state index in [0.717, 1.165) is 6.26 Å². The van der Waals surface area contributed by atoms with Gasteiger partial charge < -0.3 is 15.2 Å². The summed E-state index contributed by atoms with van der Waals surface area (Å²) in [5, 5.41) is 15.4. The second kappa shape index (κ2) is 11.6.